The molecule has 2 N–H and O–H groups in total. The van der Waals surface area contributed by atoms with E-state index in [1.165, 1.54) is 17.0 Å². The monoisotopic (exact) mass is 439 g/mol. The lowest BCUT2D eigenvalue weighted by Gasteiger charge is -2.40. The maximum Gasteiger partial charge on any atom is 0.322 e. The zero-order valence-corrected chi connectivity index (χ0v) is 18.8. The summed E-state index contributed by atoms with van der Waals surface area (Å²) in [5, 5.41) is 4.33. The van der Waals surface area contributed by atoms with Crippen LogP contribution in [0.3, 0.4) is 0 Å². The maximum atomic E-state index is 14.3. The van der Waals surface area contributed by atoms with Crippen molar-refractivity contribution in [2.45, 2.75) is 38.1 Å². The van der Waals surface area contributed by atoms with Crippen molar-refractivity contribution in [3.63, 3.8) is 0 Å². The number of hydrogen-bond acceptors (Lipinski definition) is 1. The number of amides is 2. The van der Waals surface area contributed by atoms with Crippen molar-refractivity contribution >= 4 is 22.6 Å². The summed E-state index contributed by atoms with van der Waals surface area (Å²) in [7, 11) is 0. The smallest absolute Gasteiger partial charge is 0.322 e. The second-order valence-corrected chi connectivity index (χ2v) is 9.63. The Hall–Kier alpha value is -3.60. The number of H-pyrrole nitrogens is 1. The number of nitrogens with zero attached hydrogens (tertiary/aromatic N) is 1. The summed E-state index contributed by atoms with van der Waals surface area (Å²) in [6.45, 7) is 4.66. The third kappa shape index (κ3) is 3.30. The molecule has 1 aliphatic heterocycles. The van der Waals surface area contributed by atoms with Gasteiger partial charge in [0.2, 0.25) is 0 Å². The van der Waals surface area contributed by atoms with Crippen LogP contribution in [-0.2, 0) is 5.41 Å². The van der Waals surface area contributed by atoms with E-state index in [9.17, 15) is 9.18 Å². The van der Waals surface area contributed by atoms with E-state index in [2.05, 4.69) is 34.6 Å². The van der Waals surface area contributed by atoms with Crippen LogP contribution >= 0.6 is 0 Å². The molecule has 6 rings (SSSR count). The number of anilines is 1. The standard InChI is InChI=1S/C28H26FN3O/c1-17-12-18(2)14-21(13-17)30-27(33)32-16-28(10-11-28)24-22-8-3-4-9-23(22)31-25(24)26(32)19-6-5-7-20(29)15-19/h3-9,12-15,26,31H,10-11,16H2,1-2H3,(H,30,33). The van der Waals surface area contributed by atoms with E-state index in [0.717, 1.165) is 46.4 Å². The van der Waals surface area contributed by atoms with Gasteiger partial charge in [0.1, 0.15) is 5.82 Å². The van der Waals surface area contributed by atoms with Gasteiger partial charge < -0.3 is 15.2 Å². The molecular weight excluding hydrogens is 413 g/mol. The number of aromatic nitrogens is 1. The summed E-state index contributed by atoms with van der Waals surface area (Å²) in [4.78, 5) is 19.2. The summed E-state index contributed by atoms with van der Waals surface area (Å²) in [6.07, 6.45) is 2.09. The molecule has 2 amide bonds. The van der Waals surface area contributed by atoms with E-state index in [1.54, 1.807) is 12.1 Å². The summed E-state index contributed by atoms with van der Waals surface area (Å²) >= 11 is 0. The number of carbonyl (C=O) groups is 1. The van der Waals surface area contributed by atoms with Gasteiger partial charge in [-0.3, -0.25) is 0 Å². The van der Waals surface area contributed by atoms with Gasteiger partial charge in [-0.2, -0.15) is 0 Å². The van der Waals surface area contributed by atoms with Gasteiger partial charge in [0.05, 0.1) is 6.04 Å². The lowest BCUT2D eigenvalue weighted by Crippen LogP contribution is -2.47. The van der Waals surface area contributed by atoms with Crippen LogP contribution in [0.25, 0.3) is 10.9 Å². The number of halogens is 1. The molecule has 1 spiro atoms. The number of urea groups is 1. The highest BCUT2D eigenvalue weighted by Crippen LogP contribution is 2.57. The first-order valence-electron chi connectivity index (χ1n) is 11.5. The number of benzene rings is 3. The Morgan fingerprint density at radius 1 is 1.03 bits per heavy atom. The summed E-state index contributed by atoms with van der Waals surface area (Å²) < 4.78 is 14.3. The highest BCUT2D eigenvalue weighted by molar-refractivity contribution is 5.92. The molecular formula is C28H26FN3O. The molecule has 4 aromatic rings. The van der Waals surface area contributed by atoms with Gasteiger partial charge in [0.25, 0.3) is 0 Å². The highest BCUT2D eigenvalue weighted by atomic mass is 19.1. The Bertz CT molecular complexity index is 1380. The average Bonchev–Trinajstić information content (AvgIpc) is 3.41. The van der Waals surface area contributed by atoms with Gasteiger partial charge in [0, 0.05) is 34.2 Å². The second-order valence-electron chi connectivity index (χ2n) is 9.63. The van der Waals surface area contributed by atoms with E-state index in [0.29, 0.717) is 6.54 Å². The van der Waals surface area contributed by atoms with Gasteiger partial charge in [0.15, 0.2) is 0 Å². The van der Waals surface area contributed by atoms with Crippen LogP contribution in [-0.4, -0.2) is 22.5 Å². The number of fused-ring (bicyclic) bond motifs is 4. The van der Waals surface area contributed by atoms with Gasteiger partial charge in [-0.1, -0.05) is 36.4 Å². The number of aryl methyl sites for hydroxylation is 2. The molecule has 4 nitrogen and oxygen atoms in total. The topological polar surface area (TPSA) is 48.1 Å². The number of hydrogen-bond donors (Lipinski definition) is 2. The van der Waals surface area contributed by atoms with Crippen LogP contribution in [0.15, 0.2) is 66.7 Å². The normalized spacial score (nSPS) is 18.4. The van der Waals surface area contributed by atoms with Crippen LogP contribution in [0.2, 0.25) is 0 Å². The first-order valence-corrected chi connectivity index (χ1v) is 11.5. The first-order chi connectivity index (χ1) is 15.9. The molecule has 3 aromatic carbocycles. The number of carbonyl (C=O) groups excluding carboxylic acids is 1. The van der Waals surface area contributed by atoms with Crippen LogP contribution in [0.5, 0.6) is 0 Å². The Balaban J connectivity index is 1.49. The molecule has 0 radical (unpaired) electrons. The van der Waals surface area contributed by atoms with Crippen LogP contribution in [0, 0.1) is 19.7 Å². The Morgan fingerprint density at radius 3 is 2.52 bits per heavy atom. The first kappa shape index (κ1) is 20.0. The van der Waals surface area contributed by atoms with Gasteiger partial charge in [-0.15, -0.1) is 0 Å². The van der Waals surface area contributed by atoms with Gasteiger partial charge >= 0.3 is 6.03 Å². The largest absolute Gasteiger partial charge is 0.356 e. The number of aromatic amines is 1. The van der Waals surface area contributed by atoms with Crippen LogP contribution in [0.1, 0.15) is 46.8 Å². The third-order valence-corrected chi connectivity index (χ3v) is 7.08. The zero-order valence-electron chi connectivity index (χ0n) is 18.8. The van der Waals surface area contributed by atoms with E-state index in [1.807, 2.05) is 43.0 Å². The minimum Gasteiger partial charge on any atom is -0.356 e. The van der Waals surface area contributed by atoms with Crippen LogP contribution in [0.4, 0.5) is 14.9 Å². The molecule has 166 valence electrons. The predicted octanol–water partition coefficient (Wildman–Crippen LogP) is 6.59. The lowest BCUT2D eigenvalue weighted by atomic mass is 9.83. The van der Waals surface area contributed by atoms with Gasteiger partial charge in [-0.05, 0) is 79.3 Å². The molecule has 1 aromatic heterocycles. The van der Waals surface area contributed by atoms with E-state index >= 15 is 0 Å². The van der Waals surface area contributed by atoms with E-state index < -0.39 is 0 Å². The predicted molar refractivity (Wildman–Crippen MR) is 129 cm³/mol. The summed E-state index contributed by atoms with van der Waals surface area (Å²) in [6, 6.07) is 20.4. The van der Waals surface area contributed by atoms with E-state index in [-0.39, 0.29) is 23.3 Å². The molecule has 5 heteroatoms. The molecule has 1 atom stereocenters. The fraction of sp³-hybridized carbons (Fsp3) is 0.250. The Kier molecular flexibility index (Phi) is 4.37. The minimum absolute atomic E-state index is 0.0430. The molecule has 33 heavy (non-hydrogen) atoms. The average molecular weight is 440 g/mol. The quantitative estimate of drug-likeness (QED) is 0.364. The van der Waals surface area contributed by atoms with Crippen molar-refractivity contribution in [2.24, 2.45) is 0 Å². The molecule has 0 saturated heterocycles. The van der Waals surface area contributed by atoms with Crippen molar-refractivity contribution in [2.75, 3.05) is 11.9 Å². The number of nitrogens with one attached hydrogen (secondary N) is 2. The Labute approximate surface area is 192 Å². The van der Waals surface area contributed by atoms with Crippen LogP contribution < -0.4 is 5.32 Å². The molecule has 1 saturated carbocycles. The molecule has 1 unspecified atom stereocenters. The molecule has 0 bridgehead atoms. The molecule has 2 aliphatic rings. The maximum absolute atomic E-state index is 14.3. The summed E-state index contributed by atoms with van der Waals surface area (Å²) in [5.74, 6) is -0.300. The van der Waals surface area contributed by atoms with Crippen molar-refractivity contribution in [1.82, 2.24) is 9.88 Å². The highest BCUT2D eigenvalue weighted by Gasteiger charge is 2.54. The number of para-hydroxylation sites is 1. The third-order valence-electron chi connectivity index (χ3n) is 7.08. The number of rotatable bonds is 2. The SMILES string of the molecule is Cc1cc(C)cc(NC(=O)N2CC3(CC3)c3c([nH]c4ccccc34)C2c2cccc(F)c2)c1. The van der Waals surface area contributed by atoms with E-state index in [4.69, 9.17) is 0 Å². The zero-order chi connectivity index (χ0) is 22.7. The van der Waals surface area contributed by atoms with Crippen molar-refractivity contribution < 1.29 is 9.18 Å². The summed E-state index contributed by atoms with van der Waals surface area (Å²) in [5.41, 5.74) is 7.07. The second kappa shape index (κ2) is 7.20. The molecule has 2 heterocycles. The van der Waals surface area contributed by atoms with Gasteiger partial charge in [-0.25, -0.2) is 9.18 Å². The molecule has 1 aliphatic carbocycles. The van der Waals surface area contributed by atoms with Crippen molar-refractivity contribution in [3.05, 3.63) is 100 Å². The molecule has 1 fully saturated rings. The fourth-order valence-corrected chi connectivity index (χ4v) is 5.60. The lowest BCUT2D eigenvalue weighted by molar-refractivity contribution is 0.181. The Morgan fingerprint density at radius 2 is 1.79 bits per heavy atom. The van der Waals surface area contributed by atoms with Crippen molar-refractivity contribution in [1.29, 1.82) is 0 Å². The minimum atomic E-state index is -0.389. The van der Waals surface area contributed by atoms with Crippen molar-refractivity contribution in [3.8, 4) is 0 Å². The fourth-order valence-electron chi connectivity index (χ4n) is 5.60.